The van der Waals surface area contributed by atoms with Crippen LogP contribution in [-0.4, -0.2) is 34.7 Å². The van der Waals surface area contributed by atoms with E-state index in [9.17, 15) is 9.90 Å². The highest BCUT2D eigenvalue weighted by atomic mass is 79.9. The maximum absolute atomic E-state index is 12.3. The highest BCUT2D eigenvalue weighted by molar-refractivity contribution is 9.10. The van der Waals surface area contributed by atoms with Crippen molar-refractivity contribution in [2.75, 3.05) is 0 Å². The van der Waals surface area contributed by atoms with Crippen molar-refractivity contribution >= 4 is 15.9 Å². The molecule has 9 heteroatoms. The van der Waals surface area contributed by atoms with E-state index in [4.69, 9.17) is 0 Å². The molecule has 1 N–H and O–H groups in total. The van der Waals surface area contributed by atoms with Gasteiger partial charge in [-0.3, -0.25) is 0 Å². The molecule has 0 spiro atoms. The standard InChI is InChI=1S/C19H17BrN6O2/c1-12-6-5-9-16(26-19(28)24(2)22-23-26)17(12)18(27)14-10-11-25(21-14)15-8-4-3-7-13(15)20/h3-11,18,27H,1-2H3. The SMILES string of the molecule is Cc1cccc(-n2nnn(C)c2=O)c1C(O)c1ccn(-c2ccccc2Br)n1. The number of aryl methyl sites for hydroxylation is 2. The van der Waals surface area contributed by atoms with Crippen molar-refractivity contribution in [1.82, 2.24) is 29.6 Å². The molecule has 0 amide bonds. The largest absolute Gasteiger partial charge is 0.382 e. The zero-order valence-corrected chi connectivity index (χ0v) is 16.8. The predicted octanol–water partition coefficient (Wildman–Crippen LogP) is 2.30. The summed E-state index contributed by atoms with van der Waals surface area (Å²) < 4.78 is 4.90. The van der Waals surface area contributed by atoms with Gasteiger partial charge < -0.3 is 5.11 Å². The normalized spacial score (nSPS) is 12.3. The van der Waals surface area contributed by atoms with Crippen LogP contribution in [0.1, 0.15) is 22.9 Å². The lowest BCUT2D eigenvalue weighted by molar-refractivity contribution is 0.213. The number of nitrogens with zero attached hydrogens (tertiary/aromatic N) is 6. The van der Waals surface area contributed by atoms with E-state index in [2.05, 4.69) is 31.5 Å². The van der Waals surface area contributed by atoms with Gasteiger partial charge in [-0.15, -0.1) is 0 Å². The summed E-state index contributed by atoms with van der Waals surface area (Å²) in [7, 11) is 1.52. The molecule has 142 valence electrons. The van der Waals surface area contributed by atoms with Crippen LogP contribution in [0.2, 0.25) is 0 Å². The second-order valence-electron chi connectivity index (χ2n) is 6.34. The van der Waals surface area contributed by atoms with Crippen LogP contribution < -0.4 is 5.69 Å². The minimum absolute atomic E-state index is 0.391. The lowest BCUT2D eigenvalue weighted by Gasteiger charge is -2.16. The van der Waals surface area contributed by atoms with Crippen molar-refractivity contribution in [1.29, 1.82) is 0 Å². The maximum Gasteiger partial charge on any atom is 0.368 e. The Morgan fingerprint density at radius 1 is 1.04 bits per heavy atom. The summed E-state index contributed by atoms with van der Waals surface area (Å²) in [5, 5.41) is 23.3. The Balaban J connectivity index is 1.80. The molecule has 0 saturated heterocycles. The van der Waals surface area contributed by atoms with Crippen LogP contribution in [0.4, 0.5) is 0 Å². The molecule has 8 nitrogen and oxygen atoms in total. The summed E-state index contributed by atoms with van der Waals surface area (Å²) in [6.07, 6.45) is 0.749. The summed E-state index contributed by atoms with van der Waals surface area (Å²) >= 11 is 3.51. The van der Waals surface area contributed by atoms with Crippen molar-refractivity contribution in [3.8, 4) is 11.4 Å². The van der Waals surface area contributed by atoms with Crippen molar-refractivity contribution < 1.29 is 5.11 Å². The molecule has 0 saturated carbocycles. The van der Waals surface area contributed by atoms with Gasteiger partial charge in [-0.1, -0.05) is 24.3 Å². The number of hydrogen-bond donors (Lipinski definition) is 1. The monoisotopic (exact) mass is 440 g/mol. The molecule has 2 aromatic heterocycles. The second kappa shape index (κ2) is 7.17. The number of halogens is 1. The molecule has 4 rings (SSSR count). The smallest absolute Gasteiger partial charge is 0.368 e. The fraction of sp³-hybridized carbons (Fsp3) is 0.158. The highest BCUT2D eigenvalue weighted by Gasteiger charge is 2.22. The number of para-hydroxylation sites is 1. The Labute approximate surface area is 168 Å². The molecule has 0 aliphatic heterocycles. The van der Waals surface area contributed by atoms with Crippen LogP contribution in [0.15, 0.2) is 64.0 Å². The second-order valence-corrected chi connectivity index (χ2v) is 7.20. The third-order valence-electron chi connectivity index (χ3n) is 4.51. The van der Waals surface area contributed by atoms with E-state index in [1.54, 1.807) is 23.0 Å². The minimum atomic E-state index is -1.03. The number of tetrazole rings is 1. The van der Waals surface area contributed by atoms with E-state index in [0.717, 1.165) is 20.4 Å². The molecule has 28 heavy (non-hydrogen) atoms. The summed E-state index contributed by atoms with van der Waals surface area (Å²) in [5.74, 6) is 0. The number of aliphatic hydroxyl groups is 1. The molecular weight excluding hydrogens is 424 g/mol. The Kier molecular flexibility index (Phi) is 4.70. The van der Waals surface area contributed by atoms with Crippen molar-refractivity contribution in [3.05, 3.63) is 86.5 Å². The molecule has 0 aliphatic rings. The molecule has 2 heterocycles. The van der Waals surface area contributed by atoms with Crippen LogP contribution in [0.5, 0.6) is 0 Å². The van der Waals surface area contributed by atoms with Crippen LogP contribution in [0.25, 0.3) is 11.4 Å². The Bertz CT molecular complexity index is 1210. The number of rotatable bonds is 4. The number of benzene rings is 2. The van der Waals surface area contributed by atoms with E-state index in [1.807, 2.05) is 43.3 Å². The third-order valence-corrected chi connectivity index (χ3v) is 5.18. The first-order chi connectivity index (χ1) is 13.5. The van der Waals surface area contributed by atoms with E-state index >= 15 is 0 Å². The molecule has 1 unspecified atom stereocenters. The fourth-order valence-electron chi connectivity index (χ4n) is 3.07. The van der Waals surface area contributed by atoms with Crippen LogP contribution in [0, 0.1) is 6.92 Å². The third kappa shape index (κ3) is 3.08. The van der Waals surface area contributed by atoms with Crippen LogP contribution in [0.3, 0.4) is 0 Å². The molecule has 0 aliphatic carbocycles. The summed E-state index contributed by atoms with van der Waals surface area (Å²) in [4.78, 5) is 12.3. The Morgan fingerprint density at radius 2 is 1.79 bits per heavy atom. The predicted molar refractivity (Wildman–Crippen MR) is 107 cm³/mol. The van der Waals surface area contributed by atoms with Crippen LogP contribution in [-0.2, 0) is 7.05 Å². The van der Waals surface area contributed by atoms with Gasteiger partial charge in [0.05, 0.1) is 17.1 Å². The average Bonchev–Trinajstić information content (AvgIpc) is 3.29. The number of aromatic nitrogens is 6. The zero-order chi connectivity index (χ0) is 19.8. The van der Waals surface area contributed by atoms with Gasteiger partial charge in [0.1, 0.15) is 6.10 Å². The Hall–Kier alpha value is -3.04. The van der Waals surface area contributed by atoms with Crippen LogP contribution >= 0.6 is 15.9 Å². The molecule has 0 bridgehead atoms. The van der Waals surface area contributed by atoms with Crippen molar-refractivity contribution in [2.24, 2.45) is 7.05 Å². The van der Waals surface area contributed by atoms with Crippen molar-refractivity contribution in [3.63, 3.8) is 0 Å². The summed E-state index contributed by atoms with van der Waals surface area (Å²) in [5.41, 5.74) is 2.78. The van der Waals surface area contributed by atoms with Gasteiger partial charge in [0.15, 0.2) is 0 Å². The quantitative estimate of drug-likeness (QED) is 0.525. The lowest BCUT2D eigenvalue weighted by atomic mass is 9.99. The molecule has 2 aromatic carbocycles. The lowest BCUT2D eigenvalue weighted by Crippen LogP contribution is -2.23. The van der Waals surface area contributed by atoms with Gasteiger partial charge in [-0.05, 0) is 63.1 Å². The van der Waals surface area contributed by atoms with E-state index in [0.29, 0.717) is 16.9 Å². The van der Waals surface area contributed by atoms with Gasteiger partial charge in [-0.25, -0.2) is 9.48 Å². The van der Waals surface area contributed by atoms with Crippen molar-refractivity contribution in [2.45, 2.75) is 13.0 Å². The molecule has 4 aromatic rings. The number of hydrogen-bond acceptors (Lipinski definition) is 5. The van der Waals surface area contributed by atoms with E-state index in [-0.39, 0.29) is 0 Å². The maximum atomic E-state index is 12.3. The molecule has 1 atom stereocenters. The summed E-state index contributed by atoms with van der Waals surface area (Å²) in [6, 6.07) is 14.8. The highest BCUT2D eigenvalue weighted by Crippen LogP contribution is 2.29. The molecular formula is C19H17BrN6O2. The average molecular weight is 441 g/mol. The zero-order valence-electron chi connectivity index (χ0n) is 15.2. The summed E-state index contributed by atoms with van der Waals surface area (Å²) in [6.45, 7) is 1.87. The minimum Gasteiger partial charge on any atom is -0.382 e. The first-order valence-electron chi connectivity index (χ1n) is 8.55. The Morgan fingerprint density at radius 3 is 2.50 bits per heavy atom. The van der Waals surface area contributed by atoms with Gasteiger partial charge in [0.25, 0.3) is 0 Å². The van der Waals surface area contributed by atoms with Gasteiger partial charge in [0.2, 0.25) is 0 Å². The van der Waals surface area contributed by atoms with E-state index < -0.39 is 11.8 Å². The molecule has 0 fully saturated rings. The topological polar surface area (TPSA) is 90.8 Å². The molecule has 0 radical (unpaired) electrons. The van der Waals surface area contributed by atoms with Gasteiger partial charge in [-0.2, -0.15) is 14.5 Å². The van der Waals surface area contributed by atoms with Gasteiger partial charge >= 0.3 is 5.69 Å². The number of aliphatic hydroxyl groups excluding tert-OH is 1. The van der Waals surface area contributed by atoms with E-state index in [1.165, 1.54) is 11.7 Å². The first kappa shape index (κ1) is 18.3. The van der Waals surface area contributed by atoms with Gasteiger partial charge in [0, 0.05) is 23.3 Å². The fourth-order valence-corrected chi connectivity index (χ4v) is 3.54. The first-order valence-corrected chi connectivity index (χ1v) is 9.34.